The zero-order valence-corrected chi connectivity index (χ0v) is 16.1. The number of nitrogens with zero attached hydrogens (tertiary/aromatic N) is 1. The number of aryl methyl sites for hydroxylation is 1. The third-order valence-electron chi connectivity index (χ3n) is 5.59. The van der Waals surface area contributed by atoms with Crippen molar-refractivity contribution in [2.75, 3.05) is 25.1 Å². The zero-order valence-electron chi connectivity index (χ0n) is 15.4. The Morgan fingerprint density at radius 3 is 2.96 bits per heavy atom. The van der Waals surface area contributed by atoms with Crippen LogP contribution in [-0.4, -0.2) is 30.7 Å². The Morgan fingerprint density at radius 1 is 1.32 bits per heavy atom. The molecule has 150 valence electrons. The van der Waals surface area contributed by atoms with Gasteiger partial charge in [0.15, 0.2) is 0 Å². The van der Waals surface area contributed by atoms with Crippen LogP contribution >= 0.6 is 11.6 Å². The van der Waals surface area contributed by atoms with Crippen molar-refractivity contribution in [3.63, 3.8) is 0 Å². The van der Waals surface area contributed by atoms with Gasteiger partial charge >= 0.3 is 0 Å². The Labute approximate surface area is 166 Å². The van der Waals surface area contributed by atoms with Gasteiger partial charge in [-0.05, 0) is 49.6 Å². The summed E-state index contributed by atoms with van der Waals surface area (Å²) in [6.07, 6.45) is 3.21. The number of ether oxygens (including phenoxy) is 1. The molecule has 8 heteroatoms. The number of nitrogens with one attached hydrogen (secondary N) is 2. The van der Waals surface area contributed by atoms with Gasteiger partial charge in [-0.15, -0.1) is 0 Å². The Balaban J connectivity index is 1.65. The highest BCUT2D eigenvalue weighted by atomic mass is 35.5. The van der Waals surface area contributed by atoms with E-state index in [1.54, 1.807) is 12.3 Å². The largest absolute Gasteiger partial charge is 0.377 e. The fourth-order valence-electron chi connectivity index (χ4n) is 3.92. The van der Waals surface area contributed by atoms with Crippen molar-refractivity contribution < 1.29 is 17.9 Å². The molecule has 2 N–H and O–H groups in total. The number of fused-ring (bicyclic) bond motifs is 1. The molecule has 0 spiro atoms. The SMILES string of the molecule is C[C@]1(c2cc(N[C@@H]3CCc4cc(Cl)cnc43)ccc2F)NCCOCC1(F)F. The van der Waals surface area contributed by atoms with Crippen molar-refractivity contribution >= 4 is 17.3 Å². The maximum absolute atomic E-state index is 14.8. The summed E-state index contributed by atoms with van der Waals surface area (Å²) >= 11 is 6.00. The lowest BCUT2D eigenvalue weighted by molar-refractivity contribution is -0.120. The second-order valence-electron chi connectivity index (χ2n) is 7.44. The summed E-state index contributed by atoms with van der Waals surface area (Å²) in [5.74, 6) is -3.94. The Morgan fingerprint density at radius 2 is 2.14 bits per heavy atom. The van der Waals surface area contributed by atoms with Gasteiger partial charge < -0.3 is 15.4 Å². The molecular formula is C20H21ClF3N3O. The second-order valence-corrected chi connectivity index (χ2v) is 7.87. The summed E-state index contributed by atoms with van der Waals surface area (Å²) in [5.41, 5.74) is 0.552. The van der Waals surface area contributed by atoms with Crippen LogP contribution in [0.2, 0.25) is 5.02 Å². The molecule has 1 aliphatic carbocycles. The van der Waals surface area contributed by atoms with Crippen LogP contribution < -0.4 is 10.6 Å². The van der Waals surface area contributed by atoms with E-state index in [1.165, 1.54) is 19.1 Å². The maximum Gasteiger partial charge on any atom is 0.292 e. The standard InChI is InChI=1S/C20H21ClF3N3O/c1-19(20(23,24)11-28-7-6-26-19)15-9-14(3-4-16(15)22)27-17-5-2-12-8-13(21)10-25-18(12)17/h3-4,8-10,17,26-27H,2,5-7,11H2,1H3/t17-,19-/m1/s1. The van der Waals surface area contributed by atoms with Gasteiger partial charge in [0, 0.05) is 24.0 Å². The highest BCUT2D eigenvalue weighted by Crippen LogP contribution is 2.41. The molecule has 2 atom stereocenters. The third kappa shape index (κ3) is 3.36. The van der Waals surface area contributed by atoms with Crippen molar-refractivity contribution in [3.05, 3.63) is 58.1 Å². The molecule has 1 aromatic carbocycles. The quantitative estimate of drug-likeness (QED) is 0.783. The van der Waals surface area contributed by atoms with Gasteiger partial charge in [-0.3, -0.25) is 4.98 Å². The van der Waals surface area contributed by atoms with E-state index in [4.69, 9.17) is 16.3 Å². The van der Waals surface area contributed by atoms with Crippen molar-refractivity contribution in [1.29, 1.82) is 0 Å². The third-order valence-corrected chi connectivity index (χ3v) is 5.79. The molecule has 1 aliphatic heterocycles. The van der Waals surface area contributed by atoms with Crippen LogP contribution in [0.3, 0.4) is 0 Å². The van der Waals surface area contributed by atoms with Crippen LogP contribution in [0.4, 0.5) is 18.9 Å². The number of hydrogen-bond donors (Lipinski definition) is 2. The summed E-state index contributed by atoms with van der Waals surface area (Å²) in [4.78, 5) is 4.40. The molecule has 4 nitrogen and oxygen atoms in total. The highest BCUT2D eigenvalue weighted by molar-refractivity contribution is 6.30. The molecule has 0 saturated carbocycles. The van der Waals surface area contributed by atoms with Crippen molar-refractivity contribution in [2.45, 2.75) is 37.3 Å². The van der Waals surface area contributed by atoms with E-state index in [2.05, 4.69) is 15.6 Å². The number of alkyl halides is 2. The number of pyridine rings is 1. The lowest BCUT2D eigenvalue weighted by Gasteiger charge is -2.37. The van der Waals surface area contributed by atoms with E-state index >= 15 is 0 Å². The number of hydrogen-bond acceptors (Lipinski definition) is 4. The molecule has 1 saturated heterocycles. The number of aromatic nitrogens is 1. The summed E-state index contributed by atoms with van der Waals surface area (Å²) in [7, 11) is 0. The second kappa shape index (κ2) is 7.21. The van der Waals surface area contributed by atoms with Gasteiger partial charge in [0.25, 0.3) is 5.92 Å². The van der Waals surface area contributed by atoms with Crippen LogP contribution in [0.15, 0.2) is 30.5 Å². The fraction of sp³-hybridized carbons (Fsp3) is 0.450. The minimum absolute atomic E-state index is 0.0793. The van der Waals surface area contributed by atoms with Crippen LogP contribution in [0, 0.1) is 5.82 Å². The van der Waals surface area contributed by atoms with Gasteiger partial charge in [-0.25, -0.2) is 13.2 Å². The molecule has 28 heavy (non-hydrogen) atoms. The summed E-state index contributed by atoms with van der Waals surface area (Å²) in [5, 5.41) is 6.67. The average molecular weight is 412 g/mol. The van der Waals surface area contributed by atoms with E-state index < -0.39 is 23.9 Å². The van der Waals surface area contributed by atoms with Crippen LogP contribution in [0.25, 0.3) is 0 Å². The molecule has 1 aromatic heterocycles. The first-order chi connectivity index (χ1) is 13.3. The minimum Gasteiger partial charge on any atom is -0.377 e. The topological polar surface area (TPSA) is 46.2 Å². The first kappa shape index (κ1) is 19.5. The van der Waals surface area contributed by atoms with Crippen molar-refractivity contribution in [2.24, 2.45) is 0 Å². The molecule has 2 aromatic rings. The number of rotatable bonds is 3. The maximum atomic E-state index is 14.8. The van der Waals surface area contributed by atoms with Gasteiger partial charge in [-0.1, -0.05) is 11.6 Å². The van der Waals surface area contributed by atoms with Gasteiger partial charge in [0.1, 0.15) is 18.0 Å². The molecule has 0 amide bonds. The Bertz CT molecular complexity index is 895. The van der Waals surface area contributed by atoms with E-state index in [0.717, 1.165) is 24.1 Å². The van der Waals surface area contributed by atoms with E-state index in [1.807, 2.05) is 6.07 Å². The van der Waals surface area contributed by atoms with Crippen molar-refractivity contribution in [1.82, 2.24) is 10.3 Å². The smallest absolute Gasteiger partial charge is 0.292 e. The van der Waals surface area contributed by atoms with Crippen LogP contribution in [0.5, 0.6) is 0 Å². The summed E-state index contributed by atoms with van der Waals surface area (Å²) in [6, 6.07) is 6.04. The van der Waals surface area contributed by atoms with Gasteiger partial charge in [0.2, 0.25) is 0 Å². The minimum atomic E-state index is -3.26. The van der Waals surface area contributed by atoms with E-state index in [9.17, 15) is 13.2 Å². The zero-order chi connectivity index (χ0) is 19.9. The Hall–Kier alpha value is -1.83. The summed E-state index contributed by atoms with van der Waals surface area (Å²) < 4.78 is 49.1. The lowest BCUT2D eigenvalue weighted by Crippen LogP contribution is -2.54. The lowest BCUT2D eigenvalue weighted by atomic mass is 9.85. The molecule has 2 aliphatic rings. The fourth-order valence-corrected chi connectivity index (χ4v) is 4.10. The number of anilines is 1. The molecular weight excluding hydrogens is 391 g/mol. The van der Waals surface area contributed by atoms with Gasteiger partial charge in [0.05, 0.1) is 23.4 Å². The molecule has 0 radical (unpaired) electrons. The molecule has 4 rings (SSSR count). The highest BCUT2D eigenvalue weighted by Gasteiger charge is 2.53. The average Bonchev–Trinajstić information content (AvgIpc) is 2.97. The van der Waals surface area contributed by atoms with Crippen LogP contribution in [-0.2, 0) is 16.7 Å². The molecule has 0 bridgehead atoms. The van der Waals surface area contributed by atoms with Crippen LogP contribution in [0.1, 0.15) is 36.2 Å². The summed E-state index contributed by atoms with van der Waals surface area (Å²) in [6.45, 7) is 0.925. The van der Waals surface area contributed by atoms with E-state index in [-0.39, 0.29) is 24.8 Å². The normalized spacial score (nSPS) is 26.5. The molecule has 1 fully saturated rings. The first-order valence-corrected chi connectivity index (χ1v) is 9.59. The molecule has 0 unspecified atom stereocenters. The monoisotopic (exact) mass is 411 g/mol. The van der Waals surface area contributed by atoms with Crippen molar-refractivity contribution in [3.8, 4) is 0 Å². The molecule has 2 heterocycles. The predicted octanol–water partition coefficient (Wildman–Crippen LogP) is 4.44. The van der Waals surface area contributed by atoms with E-state index in [0.29, 0.717) is 10.7 Å². The first-order valence-electron chi connectivity index (χ1n) is 9.22. The predicted molar refractivity (Wildman–Crippen MR) is 101 cm³/mol. The Kier molecular flexibility index (Phi) is 5.02. The number of benzene rings is 1. The van der Waals surface area contributed by atoms with Gasteiger partial charge in [-0.2, -0.15) is 0 Å². The number of halogens is 4.